The summed E-state index contributed by atoms with van der Waals surface area (Å²) in [5, 5.41) is 2.92. The minimum atomic E-state index is -3.38. The van der Waals surface area contributed by atoms with Crippen LogP contribution in [0.15, 0.2) is 55.1 Å². The number of carbonyl (C=O) groups excluding carboxylic acids is 1. The van der Waals surface area contributed by atoms with Gasteiger partial charge < -0.3 is 5.32 Å². The van der Waals surface area contributed by atoms with Crippen LogP contribution in [0.1, 0.15) is 56.0 Å². The topological polar surface area (TPSA) is 75.3 Å². The third kappa shape index (κ3) is 6.88. The van der Waals surface area contributed by atoms with Gasteiger partial charge in [0.25, 0.3) is 0 Å². The van der Waals surface area contributed by atoms with Gasteiger partial charge in [0.1, 0.15) is 0 Å². The minimum Gasteiger partial charge on any atom is -0.346 e. The molecule has 0 fully saturated rings. The number of rotatable bonds is 7. The smallest absolute Gasteiger partial charge is 0.244 e. The van der Waals surface area contributed by atoms with Crippen LogP contribution in [0.5, 0.6) is 0 Å². The molecule has 1 amide bonds. The average molecular weight is 427 g/mol. The lowest BCUT2D eigenvalue weighted by atomic mass is 9.87. The normalized spacial score (nSPS) is 13.1. The Kier molecular flexibility index (Phi) is 7.26. The summed E-state index contributed by atoms with van der Waals surface area (Å²) in [7, 11) is -3.38. The molecule has 0 spiro atoms. The second-order valence-corrected chi connectivity index (χ2v) is 10.1. The number of nitrogens with one attached hydrogen (secondary N) is 2. The molecule has 0 aliphatic rings. The monoisotopic (exact) mass is 426 g/mol. The highest BCUT2D eigenvalue weighted by atomic mass is 32.2. The molecule has 2 N–H and O–H groups in total. The molecule has 6 heteroatoms. The zero-order valence-corrected chi connectivity index (χ0v) is 19.0. The van der Waals surface area contributed by atoms with Gasteiger partial charge in [-0.15, -0.1) is 0 Å². The molecule has 0 aliphatic carbocycles. The highest BCUT2D eigenvalue weighted by molar-refractivity contribution is 7.92. The third-order valence-electron chi connectivity index (χ3n) is 4.65. The van der Waals surface area contributed by atoms with Gasteiger partial charge in [0, 0.05) is 6.08 Å². The Morgan fingerprint density at radius 1 is 1.10 bits per heavy atom. The summed E-state index contributed by atoms with van der Waals surface area (Å²) in [5.41, 5.74) is 4.23. The van der Waals surface area contributed by atoms with E-state index in [-0.39, 0.29) is 17.4 Å². The van der Waals surface area contributed by atoms with Gasteiger partial charge in [-0.1, -0.05) is 63.8 Å². The maximum absolute atomic E-state index is 12.3. The van der Waals surface area contributed by atoms with Gasteiger partial charge in [0.05, 0.1) is 18.0 Å². The Balaban J connectivity index is 2.06. The van der Waals surface area contributed by atoms with E-state index in [2.05, 4.69) is 49.5 Å². The summed E-state index contributed by atoms with van der Waals surface area (Å²) < 4.78 is 25.4. The first kappa shape index (κ1) is 23.4. The summed E-state index contributed by atoms with van der Waals surface area (Å²) in [6.45, 7) is 12.1. The molecule has 160 valence electrons. The van der Waals surface area contributed by atoms with E-state index in [0.29, 0.717) is 11.3 Å². The summed E-state index contributed by atoms with van der Waals surface area (Å²) in [6, 6.07) is 13.1. The van der Waals surface area contributed by atoms with Crippen LogP contribution in [0.3, 0.4) is 0 Å². The van der Waals surface area contributed by atoms with E-state index in [1.165, 1.54) is 11.6 Å². The van der Waals surface area contributed by atoms with Crippen molar-refractivity contribution in [2.45, 2.75) is 39.2 Å². The molecule has 2 rings (SSSR count). The van der Waals surface area contributed by atoms with Gasteiger partial charge in [0.15, 0.2) is 0 Å². The summed E-state index contributed by atoms with van der Waals surface area (Å²) in [5.74, 6) is -0.208. The predicted molar refractivity (Wildman–Crippen MR) is 126 cm³/mol. The molecule has 2 aromatic rings. The van der Waals surface area contributed by atoms with Gasteiger partial charge in [0.2, 0.25) is 15.9 Å². The Labute approximate surface area is 180 Å². The molecule has 30 heavy (non-hydrogen) atoms. The van der Waals surface area contributed by atoms with E-state index >= 15 is 0 Å². The van der Waals surface area contributed by atoms with E-state index < -0.39 is 10.0 Å². The number of sulfonamides is 1. The highest BCUT2D eigenvalue weighted by Crippen LogP contribution is 2.24. The second kappa shape index (κ2) is 9.30. The predicted octanol–water partition coefficient (Wildman–Crippen LogP) is 4.89. The fourth-order valence-electron chi connectivity index (χ4n) is 2.92. The van der Waals surface area contributed by atoms with Gasteiger partial charge in [-0.05, 0) is 52.8 Å². The van der Waals surface area contributed by atoms with E-state index in [1.807, 2.05) is 19.1 Å². The van der Waals surface area contributed by atoms with Crippen molar-refractivity contribution < 1.29 is 13.2 Å². The molecule has 0 aliphatic heterocycles. The van der Waals surface area contributed by atoms with Crippen molar-refractivity contribution in [1.82, 2.24) is 5.32 Å². The zero-order chi connectivity index (χ0) is 22.5. The number of benzene rings is 2. The van der Waals surface area contributed by atoms with Gasteiger partial charge in [-0.25, -0.2) is 8.42 Å². The first-order valence-electron chi connectivity index (χ1n) is 9.72. The molecule has 0 radical (unpaired) electrons. The fourth-order valence-corrected chi connectivity index (χ4v) is 3.51. The number of hydrogen-bond acceptors (Lipinski definition) is 3. The standard InChI is InChI=1S/C24H30N2O3S/c1-7-19-16-20(11-14-22(19)26-30(6,28)29)17(2)25-23(27)15-10-18-8-12-21(13-9-18)24(3,4)5/h7-17,26H,1H2,2-6H3,(H,25,27). The first-order valence-corrected chi connectivity index (χ1v) is 11.6. The number of carbonyl (C=O) groups is 1. The van der Waals surface area contributed by atoms with E-state index in [0.717, 1.165) is 17.4 Å². The van der Waals surface area contributed by atoms with Crippen molar-refractivity contribution in [2.24, 2.45) is 0 Å². The second-order valence-electron chi connectivity index (χ2n) is 8.36. The molecular formula is C24H30N2O3S. The largest absolute Gasteiger partial charge is 0.346 e. The fraction of sp³-hybridized carbons (Fsp3) is 0.292. The van der Waals surface area contributed by atoms with E-state index in [1.54, 1.807) is 30.4 Å². The van der Waals surface area contributed by atoms with Gasteiger partial charge in [-0.2, -0.15) is 0 Å². The van der Waals surface area contributed by atoms with Crippen LogP contribution in [-0.2, 0) is 20.2 Å². The maximum atomic E-state index is 12.3. The van der Waals surface area contributed by atoms with Gasteiger partial charge in [-0.3, -0.25) is 9.52 Å². The molecule has 5 nitrogen and oxygen atoms in total. The van der Waals surface area contributed by atoms with Crippen molar-refractivity contribution in [3.05, 3.63) is 77.4 Å². The molecule has 2 aromatic carbocycles. The number of amides is 1. The lowest BCUT2D eigenvalue weighted by molar-refractivity contribution is -0.117. The van der Waals surface area contributed by atoms with Crippen molar-refractivity contribution in [3.8, 4) is 0 Å². The molecule has 1 unspecified atom stereocenters. The SMILES string of the molecule is C=Cc1cc(C(C)NC(=O)C=Cc2ccc(C(C)(C)C)cc2)ccc1NS(C)(=O)=O. The Morgan fingerprint density at radius 3 is 2.27 bits per heavy atom. The van der Waals surface area contributed by atoms with Crippen molar-refractivity contribution in [2.75, 3.05) is 11.0 Å². The summed E-state index contributed by atoms with van der Waals surface area (Å²) in [6.07, 6.45) is 5.96. The van der Waals surface area contributed by atoms with Crippen molar-refractivity contribution in [3.63, 3.8) is 0 Å². The van der Waals surface area contributed by atoms with Crippen LogP contribution < -0.4 is 10.0 Å². The molecule has 0 aromatic heterocycles. The van der Waals surface area contributed by atoms with Crippen LogP contribution >= 0.6 is 0 Å². The van der Waals surface area contributed by atoms with Crippen molar-refractivity contribution in [1.29, 1.82) is 0 Å². The maximum Gasteiger partial charge on any atom is 0.244 e. The van der Waals surface area contributed by atoms with Gasteiger partial charge >= 0.3 is 0 Å². The van der Waals surface area contributed by atoms with Crippen LogP contribution in [0.4, 0.5) is 5.69 Å². The number of anilines is 1. The first-order chi connectivity index (χ1) is 13.9. The summed E-state index contributed by atoms with van der Waals surface area (Å²) in [4.78, 5) is 12.3. The highest BCUT2D eigenvalue weighted by Gasteiger charge is 2.13. The third-order valence-corrected chi connectivity index (χ3v) is 5.24. The number of hydrogen-bond donors (Lipinski definition) is 2. The Hall–Kier alpha value is -2.86. The Bertz CT molecular complexity index is 1050. The van der Waals surface area contributed by atoms with E-state index in [4.69, 9.17) is 0 Å². The van der Waals surface area contributed by atoms with Crippen LogP contribution in [0.2, 0.25) is 0 Å². The van der Waals surface area contributed by atoms with Crippen LogP contribution in [-0.4, -0.2) is 20.6 Å². The quantitative estimate of drug-likeness (QED) is 0.619. The molecule has 0 saturated carbocycles. The lowest BCUT2D eigenvalue weighted by Gasteiger charge is -2.18. The molecule has 0 saturated heterocycles. The van der Waals surface area contributed by atoms with Crippen molar-refractivity contribution >= 4 is 33.8 Å². The van der Waals surface area contributed by atoms with Crippen LogP contribution in [0, 0.1) is 0 Å². The Morgan fingerprint density at radius 2 is 1.73 bits per heavy atom. The minimum absolute atomic E-state index is 0.0890. The molecule has 0 bridgehead atoms. The molecular weight excluding hydrogens is 396 g/mol. The molecule has 1 atom stereocenters. The average Bonchev–Trinajstić information content (AvgIpc) is 2.65. The van der Waals surface area contributed by atoms with E-state index in [9.17, 15) is 13.2 Å². The van der Waals surface area contributed by atoms with Crippen LogP contribution in [0.25, 0.3) is 12.2 Å². The molecule has 0 heterocycles. The zero-order valence-electron chi connectivity index (χ0n) is 18.2. The lowest BCUT2D eigenvalue weighted by Crippen LogP contribution is -2.24. The summed E-state index contributed by atoms with van der Waals surface area (Å²) >= 11 is 0.